The zero-order valence-electron chi connectivity index (χ0n) is 9.23. The molecule has 0 atom stereocenters. The molecule has 96 valence electrons. The second-order valence-corrected chi connectivity index (χ2v) is 3.58. The summed E-state index contributed by atoms with van der Waals surface area (Å²) in [5.74, 6) is -4.39. The summed E-state index contributed by atoms with van der Waals surface area (Å²) in [4.78, 5) is 10.5. The van der Waals surface area contributed by atoms with Crippen molar-refractivity contribution in [2.75, 3.05) is 6.61 Å². The van der Waals surface area contributed by atoms with Crippen LogP contribution in [0.1, 0.15) is 18.3 Å². The van der Waals surface area contributed by atoms with Gasteiger partial charge in [0.05, 0.1) is 17.8 Å². The predicted molar refractivity (Wildman–Crippen MR) is 52.8 cm³/mol. The smallest absolute Gasteiger partial charge is 0.309 e. The molecule has 0 saturated carbocycles. The van der Waals surface area contributed by atoms with E-state index in [-0.39, 0.29) is 12.1 Å². The van der Waals surface area contributed by atoms with Crippen molar-refractivity contribution in [1.29, 1.82) is 0 Å². The normalized spacial score (nSPS) is 11.8. The van der Waals surface area contributed by atoms with Crippen LogP contribution in [-0.2, 0) is 24.2 Å². The Hall–Kier alpha value is -1.57. The number of aliphatic hydroxyl groups is 1. The maximum Gasteiger partial charge on any atom is 0.309 e. The topological polar surface area (TPSA) is 88.2 Å². The third kappa shape index (κ3) is 3.45. The summed E-state index contributed by atoms with van der Waals surface area (Å²) in [5, 5.41) is 24.1. The Labute approximate surface area is 95.9 Å². The van der Waals surface area contributed by atoms with Crippen molar-refractivity contribution in [3.63, 3.8) is 0 Å². The number of carboxylic acid groups (broad SMARTS) is 1. The number of aliphatic carboxylic acids is 1. The fraction of sp³-hybridized carbons (Fsp3) is 0.667. The standard InChI is InChI=1S/C9H13F2N3O3/c1-2-7-6(3-8(16)17)12-13-14(7)4-9(10,11)5-15/h15H,2-5H2,1H3,(H,16,17). The van der Waals surface area contributed by atoms with Crippen molar-refractivity contribution >= 4 is 5.97 Å². The molecule has 1 aromatic rings. The number of aliphatic hydroxyl groups excluding tert-OH is 1. The molecular formula is C9H13F2N3O3. The van der Waals surface area contributed by atoms with Gasteiger partial charge in [-0.25, -0.2) is 13.5 Å². The molecule has 0 fully saturated rings. The second kappa shape index (κ2) is 5.17. The second-order valence-electron chi connectivity index (χ2n) is 3.58. The highest BCUT2D eigenvalue weighted by Gasteiger charge is 2.30. The number of aromatic nitrogens is 3. The average Bonchev–Trinajstić information content (AvgIpc) is 2.59. The molecule has 17 heavy (non-hydrogen) atoms. The van der Waals surface area contributed by atoms with Crippen molar-refractivity contribution in [2.24, 2.45) is 0 Å². The van der Waals surface area contributed by atoms with Crippen LogP contribution < -0.4 is 0 Å². The lowest BCUT2D eigenvalue weighted by molar-refractivity contribution is -0.136. The Morgan fingerprint density at radius 3 is 2.65 bits per heavy atom. The molecule has 1 aromatic heterocycles. The molecule has 0 amide bonds. The monoisotopic (exact) mass is 249 g/mol. The van der Waals surface area contributed by atoms with Crippen molar-refractivity contribution < 1.29 is 23.8 Å². The first-order valence-corrected chi connectivity index (χ1v) is 5.01. The first-order valence-electron chi connectivity index (χ1n) is 5.01. The van der Waals surface area contributed by atoms with Gasteiger partial charge in [0.2, 0.25) is 0 Å². The van der Waals surface area contributed by atoms with E-state index in [9.17, 15) is 13.6 Å². The Balaban J connectivity index is 2.94. The van der Waals surface area contributed by atoms with Crippen LogP contribution in [0.3, 0.4) is 0 Å². The number of carbonyl (C=O) groups is 1. The summed E-state index contributed by atoms with van der Waals surface area (Å²) < 4.78 is 26.9. The largest absolute Gasteiger partial charge is 0.481 e. The summed E-state index contributed by atoms with van der Waals surface area (Å²) >= 11 is 0. The van der Waals surface area contributed by atoms with E-state index in [1.165, 1.54) is 0 Å². The zero-order valence-corrected chi connectivity index (χ0v) is 9.23. The van der Waals surface area contributed by atoms with Crippen LogP contribution >= 0.6 is 0 Å². The molecule has 1 heterocycles. The summed E-state index contributed by atoms with van der Waals surface area (Å²) in [5.41, 5.74) is 0.522. The summed E-state index contributed by atoms with van der Waals surface area (Å²) in [6.45, 7) is -0.402. The Morgan fingerprint density at radius 2 is 2.18 bits per heavy atom. The van der Waals surface area contributed by atoms with Crippen LogP contribution in [0.4, 0.5) is 8.78 Å². The first kappa shape index (κ1) is 13.5. The van der Waals surface area contributed by atoms with Gasteiger partial charge < -0.3 is 10.2 Å². The SMILES string of the molecule is CCc1c(CC(=O)O)nnn1CC(F)(F)CO. The van der Waals surface area contributed by atoms with E-state index in [1.54, 1.807) is 6.92 Å². The van der Waals surface area contributed by atoms with E-state index in [0.717, 1.165) is 4.68 Å². The fourth-order valence-electron chi connectivity index (χ4n) is 1.43. The molecule has 0 bridgehead atoms. The molecule has 0 spiro atoms. The van der Waals surface area contributed by atoms with E-state index in [2.05, 4.69) is 10.3 Å². The molecule has 0 aromatic carbocycles. The molecule has 0 saturated heterocycles. The molecule has 8 heteroatoms. The van der Waals surface area contributed by atoms with E-state index in [1.807, 2.05) is 0 Å². The third-order valence-electron chi connectivity index (χ3n) is 2.18. The molecule has 0 aliphatic carbocycles. The van der Waals surface area contributed by atoms with Crippen LogP contribution in [-0.4, -0.2) is 43.7 Å². The summed E-state index contributed by atoms with van der Waals surface area (Å²) in [6.07, 6.45) is -0.00894. The van der Waals surface area contributed by atoms with Gasteiger partial charge in [0.1, 0.15) is 13.2 Å². The third-order valence-corrected chi connectivity index (χ3v) is 2.18. The summed E-state index contributed by atoms with van der Waals surface area (Å²) in [6, 6.07) is 0. The number of rotatable bonds is 6. The van der Waals surface area contributed by atoms with Gasteiger partial charge in [-0.3, -0.25) is 4.79 Å². The van der Waals surface area contributed by atoms with Gasteiger partial charge in [-0.05, 0) is 6.42 Å². The van der Waals surface area contributed by atoms with Crippen molar-refractivity contribution in [1.82, 2.24) is 15.0 Å². The Bertz CT molecular complexity index is 406. The Kier molecular flexibility index (Phi) is 4.11. The first-order chi connectivity index (χ1) is 7.89. The van der Waals surface area contributed by atoms with Crippen LogP contribution in [0, 0.1) is 0 Å². The fourth-order valence-corrected chi connectivity index (χ4v) is 1.43. The summed E-state index contributed by atoms with van der Waals surface area (Å²) in [7, 11) is 0. The van der Waals surface area contributed by atoms with E-state index < -0.39 is 25.0 Å². The highest BCUT2D eigenvalue weighted by molar-refractivity contribution is 5.69. The van der Waals surface area contributed by atoms with Gasteiger partial charge in [0.15, 0.2) is 0 Å². The lowest BCUT2D eigenvalue weighted by Gasteiger charge is -2.14. The highest BCUT2D eigenvalue weighted by Crippen LogP contribution is 2.17. The Morgan fingerprint density at radius 1 is 1.53 bits per heavy atom. The molecule has 0 aliphatic rings. The van der Waals surface area contributed by atoms with Crippen LogP contribution in [0.5, 0.6) is 0 Å². The maximum atomic E-state index is 13.0. The van der Waals surface area contributed by atoms with E-state index >= 15 is 0 Å². The molecule has 6 nitrogen and oxygen atoms in total. The van der Waals surface area contributed by atoms with Gasteiger partial charge in [0, 0.05) is 0 Å². The molecule has 0 radical (unpaired) electrons. The highest BCUT2D eigenvalue weighted by atomic mass is 19.3. The predicted octanol–water partition coefficient (Wildman–Crippen LogP) is 0.0952. The van der Waals surface area contributed by atoms with Crippen LogP contribution in [0.25, 0.3) is 0 Å². The van der Waals surface area contributed by atoms with Gasteiger partial charge in [-0.2, -0.15) is 0 Å². The van der Waals surface area contributed by atoms with Gasteiger partial charge in [-0.1, -0.05) is 12.1 Å². The van der Waals surface area contributed by atoms with Crippen LogP contribution in [0.15, 0.2) is 0 Å². The van der Waals surface area contributed by atoms with Crippen molar-refractivity contribution in [2.45, 2.75) is 32.2 Å². The minimum absolute atomic E-state index is 0.175. The van der Waals surface area contributed by atoms with Crippen molar-refractivity contribution in [3.8, 4) is 0 Å². The lowest BCUT2D eigenvalue weighted by Crippen LogP contribution is -2.29. The number of hydrogen-bond donors (Lipinski definition) is 2. The van der Waals surface area contributed by atoms with Gasteiger partial charge in [0.25, 0.3) is 5.92 Å². The van der Waals surface area contributed by atoms with E-state index in [0.29, 0.717) is 12.1 Å². The number of hydrogen-bond acceptors (Lipinski definition) is 4. The number of nitrogens with zero attached hydrogens (tertiary/aromatic N) is 3. The number of carboxylic acids is 1. The van der Waals surface area contributed by atoms with Gasteiger partial charge >= 0.3 is 5.97 Å². The molecular weight excluding hydrogens is 236 g/mol. The zero-order chi connectivity index (χ0) is 13.1. The van der Waals surface area contributed by atoms with E-state index in [4.69, 9.17) is 10.2 Å². The van der Waals surface area contributed by atoms with Crippen molar-refractivity contribution in [3.05, 3.63) is 11.4 Å². The lowest BCUT2D eigenvalue weighted by atomic mass is 10.2. The van der Waals surface area contributed by atoms with Crippen LogP contribution in [0.2, 0.25) is 0 Å². The molecule has 2 N–H and O–H groups in total. The average molecular weight is 249 g/mol. The van der Waals surface area contributed by atoms with Gasteiger partial charge in [-0.15, -0.1) is 5.10 Å². The quantitative estimate of drug-likeness (QED) is 0.746. The molecule has 0 unspecified atom stereocenters. The number of alkyl halides is 2. The minimum atomic E-state index is -3.29. The maximum absolute atomic E-state index is 13.0. The molecule has 0 aliphatic heterocycles. The minimum Gasteiger partial charge on any atom is -0.481 e. The molecule has 1 rings (SSSR count). The number of halogens is 2.